The average molecular weight is 561 g/mol. The highest BCUT2D eigenvalue weighted by atomic mass is 16.5. The van der Waals surface area contributed by atoms with Gasteiger partial charge in [-0.05, 0) is 50.4 Å². The molecule has 3 aromatic rings. The molecule has 0 radical (unpaired) electrons. The minimum absolute atomic E-state index is 0.0994. The van der Waals surface area contributed by atoms with Gasteiger partial charge in [0, 0.05) is 38.3 Å². The zero-order valence-corrected chi connectivity index (χ0v) is 24.2. The van der Waals surface area contributed by atoms with Crippen LogP contribution in [0.2, 0.25) is 0 Å². The van der Waals surface area contributed by atoms with Crippen molar-refractivity contribution >= 4 is 23.4 Å². The predicted molar refractivity (Wildman–Crippen MR) is 157 cm³/mol. The van der Waals surface area contributed by atoms with Gasteiger partial charge in [0.05, 0.1) is 25.0 Å². The lowest BCUT2D eigenvalue weighted by molar-refractivity contribution is 0.0662. The summed E-state index contributed by atoms with van der Waals surface area (Å²) >= 11 is 0. The molecule has 1 saturated heterocycles. The number of hydrogen-bond acceptors (Lipinski definition) is 10. The molecule has 1 saturated carbocycles. The van der Waals surface area contributed by atoms with Crippen molar-refractivity contribution in [3.05, 3.63) is 42.1 Å². The Labute approximate surface area is 241 Å². The number of benzene rings is 1. The average Bonchev–Trinajstić information content (AvgIpc) is 3.49. The van der Waals surface area contributed by atoms with E-state index in [1.165, 1.54) is 32.1 Å². The summed E-state index contributed by atoms with van der Waals surface area (Å²) in [5.74, 6) is 3.32. The fraction of sp³-hybridized carbons (Fsp3) is 0.552. The molecule has 1 atom stereocenters. The molecule has 2 aliphatic heterocycles. The van der Waals surface area contributed by atoms with Crippen LogP contribution in [-0.4, -0.2) is 87.4 Å². The van der Waals surface area contributed by atoms with Gasteiger partial charge in [-0.3, -0.25) is 14.8 Å². The minimum atomic E-state index is -0.154. The van der Waals surface area contributed by atoms with E-state index in [-0.39, 0.29) is 11.9 Å². The van der Waals surface area contributed by atoms with Gasteiger partial charge in [0.15, 0.2) is 11.6 Å². The smallest absolute Gasteiger partial charge is 0.265 e. The van der Waals surface area contributed by atoms with Gasteiger partial charge in [-0.2, -0.15) is 4.98 Å². The van der Waals surface area contributed by atoms with E-state index >= 15 is 0 Å². The quantitative estimate of drug-likeness (QED) is 0.424. The number of anilines is 3. The lowest BCUT2D eigenvalue weighted by Gasteiger charge is -2.39. The number of piperazine rings is 1. The third kappa shape index (κ3) is 5.71. The molecule has 12 heteroatoms. The summed E-state index contributed by atoms with van der Waals surface area (Å²) in [6.07, 6.45) is 10.9. The van der Waals surface area contributed by atoms with Gasteiger partial charge < -0.3 is 19.9 Å². The summed E-state index contributed by atoms with van der Waals surface area (Å²) in [5.41, 5.74) is 5.12. The highest BCUT2D eigenvalue weighted by Crippen LogP contribution is 2.40. The highest BCUT2D eigenvalue weighted by molar-refractivity contribution is 5.95. The standard InChI is InChI=1S/C29H40N10O2/c1-4-23-27-34-31-19-39(27)24-17-30-29(33-26(24)38(23)18-20-8-6-5-7-9-20)32-22-11-10-21(16-25(22)41-3)28(40)35-37-14-12-36(2)13-15-37/h10-11,16-17,19-20,23H,4-9,12-15,18H2,1-3H3,(H,35,40)(H,30,32,33)/t23-/m1/s1. The molecular weight excluding hydrogens is 520 g/mol. The summed E-state index contributed by atoms with van der Waals surface area (Å²) in [7, 11) is 3.69. The van der Waals surface area contributed by atoms with Crippen molar-refractivity contribution in [2.24, 2.45) is 5.92 Å². The van der Waals surface area contributed by atoms with Crippen molar-refractivity contribution in [3.63, 3.8) is 0 Å². The fourth-order valence-electron chi connectivity index (χ4n) is 6.20. The number of hydrogen-bond donors (Lipinski definition) is 2. The van der Waals surface area contributed by atoms with Gasteiger partial charge in [0.1, 0.15) is 17.8 Å². The number of amides is 1. The van der Waals surface area contributed by atoms with Gasteiger partial charge in [-0.15, -0.1) is 10.2 Å². The maximum Gasteiger partial charge on any atom is 0.265 e. The van der Waals surface area contributed by atoms with Gasteiger partial charge in [-0.1, -0.05) is 26.2 Å². The molecule has 1 aliphatic carbocycles. The van der Waals surface area contributed by atoms with Crippen molar-refractivity contribution in [1.29, 1.82) is 0 Å². The largest absolute Gasteiger partial charge is 0.495 e. The molecule has 0 bridgehead atoms. The maximum atomic E-state index is 12.9. The Kier molecular flexibility index (Phi) is 8.02. The lowest BCUT2D eigenvalue weighted by Crippen LogP contribution is -2.52. The normalized spacial score (nSPS) is 19.9. The Morgan fingerprint density at radius 3 is 2.68 bits per heavy atom. The zero-order valence-electron chi connectivity index (χ0n) is 24.2. The number of carbonyl (C=O) groups excluding carboxylic acids is 1. The van der Waals surface area contributed by atoms with E-state index < -0.39 is 0 Å². The van der Waals surface area contributed by atoms with E-state index in [2.05, 4.69) is 49.7 Å². The third-order valence-electron chi connectivity index (χ3n) is 8.57. The van der Waals surface area contributed by atoms with Crippen molar-refractivity contribution in [2.75, 3.05) is 57.1 Å². The number of hydrazine groups is 1. The molecule has 12 nitrogen and oxygen atoms in total. The SMILES string of the molecule is CC[C@@H]1c2nncn2-c2cnc(Nc3ccc(C(=O)NN4CCN(C)CC4)cc3OC)nc2N1CC1CCCCC1. The molecule has 2 fully saturated rings. The number of carbonyl (C=O) groups is 1. The van der Waals surface area contributed by atoms with E-state index in [4.69, 9.17) is 9.72 Å². The molecule has 6 rings (SSSR count). The van der Waals surface area contributed by atoms with Crippen LogP contribution >= 0.6 is 0 Å². The lowest BCUT2D eigenvalue weighted by atomic mass is 9.88. The molecule has 3 aliphatic rings. The summed E-state index contributed by atoms with van der Waals surface area (Å²) in [6.45, 7) is 6.56. The van der Waals surface area contributed by atoms with Gasteiger partial charge in [-0.25, -0.2) is 9.99 Å². The highest BCUT2D eigenvalue weighted by Gasteiger charge is 2.35. The molecule has 1 amide bonds. The van der Waals surface area contributed by atoms with Crippen LogP contribution in [0.1, 0.15) is 67.7 Å². The van der Waals surface area contributed by atoms with E-state index in [1.807, 2.05) is 21.8 Å². The first-order valence-corrected chi connectivity index (χ1v) is 14.8. The summed E-state index contributed by atoms with van der Waals surface area (Å²) in [6, 6.07) is 5.48. The number of aromatic nitrogens is 5. The molecule has 0 unspecified atom stereocenters. The molecule has 2 N–H and O–H groups in total. The van der Waals surface area contributed by atoms with Gasteiger partial charge in [0.25, 0.3) is 5.91 Å². The number of ether oxygens (including phenoxy) is 1. The number of nitrogens with zero attached hydrogens (tertiary/aromatic N) is 8. The zero-order chi connectivity index (χ0) is 28.3. The second-order valence-electron chi connectivity index (χ2n) is 11.3. The maximum absolute atomic E-state index is 12.9. The van der Waals surface area contributed by atoms with Crippen LogP contribution < -0.4 is 20.4 Å². The van der Waals surface area contributed by atoms with E-state index in [1.54, 1.807) is 25.6 Å². The van der Waals surface area contributed by atoms with Crippen molar-refractivity contribution < 1.29 is 9.53 Å². The summed E-state index contributed by atoms with van der Waals surface area (Å²) < 4.78 is 7.68. The predicted octanol–water partition coefficient (Wildman–Crippen LogP) is 3.55. The molecule has 41 heavy (non-hydrogen) atoms. The number of nitrogens with one attached hydrogen (secondary N) is 2. The molecule has 218 valence electrons. The van der Waals surface area contributed by atoms with Crippen LogP contribution in [0.5, 0.6) is 5.75 Å². The van der Waals surface area contributed by atoms with Crippen LogP contribution in [0, 0.1) is 5.92 Å². The van der Waals surface area contributed by atoms with Crippen molar-refractivity contribution in [1.82, 2.24) is 40.1 Å². The van der Waals surface area contributed by atoms with Crippen LogP contribution in [0.3, 0.4) is 0 Å². The Hall–Kier alpha value is -3.77. The number of methoxy groups -OCH3 is 1. The Balaban J connectivity index is 1.24. The van der Waals surface area contributed by atoms with Crippen molar-refractivity contribution in [3.8, 4) is 11.4 Å². The Morgan fingerprint density at radius 2 is 1.93 bits per heavy atom. The first-order valence-electron chi connectivity index (χ1n) is 14.8. The monoisotopic (exact) mass is 560 g/mol. The summed E-state index contributed by atoms with van der Waals surface area (Å²) in [5, 5.41) is 14.0. The molecule has 2 aromatic heterocycles. The first-order chi connectivity index (χ1) is 20.0. The molecule has 4 heterocycles. The Bertz CT molecular complexity index is 1360. The van der Waals surface area contributed by atoms with Crippen LogP contribution in [0.4, 0.5) is 17.5 Å². The minimum Gasteiger partial charge on any atom is -0.495 e. The fourth-order valence-corrected chi connectivity index (χ4v) is 6.20. The Morgan fingerprint density at radius 1 is 1.12 bits per heavy atom. The topological polar surface area (TPSA) is 117 Å². The number of likely N-dealkylation sites (N-methyl/N-ethyl adjacent to an activating group) is 1. The van der Waals surface area contributed by atoms with Crippen molar-refractivity contribution in [2.45, 2.75) is 51.5 Å². The first kappa shape index (κ1) is 27.4. The van der Waals surface area contributed by atoms with Crippen LogP contribution in [0.15, 0.2) is 30.7 Å². The molecule has 1 aromatic carbocycles. The van der Waals surface area contributed by atoms with E-state index in [0.717, 1.165) is 56.5 Å². The summed E-state index contributed by atoms with van der Waals surface area (Å²) in [4.78, 5) is 27.3. The number of fused-ring (bicyclic) bond motifs is 3. The van der Waals surface area contributed by atoms with E-state index in [9.17, 15) is 4.79 Å². The number of rotatable bonds is 8. The van der Waals surface area contributed by atoms with Crippen LogP contribution in [-0.2, 0) is 0 Å². The molecular formula is C29H40N10O2. The molecule has 0 spiro atoms. The second kappa shape index (κ2) is 12.0. The van der Waals surface area contributed by atoms with Gasteiger partial charge >= 0.3 is 0 Å². The van der Waals surface area contributed by atoms with Gasteiger partial charge in [0.2, 0.25) is 5.95 Å². The van der Waals surface area contributed by atoms with Crippen LogP contribution in [0.25, 0.3) is 5.69 Å². The van der Waals surface area contributed by atoms with E-state index in [0.29, 0.717) is 28.9 Å². The third-order valence-corrected chi connectivity index (χ3v) is 8.57. The second-order valence-corrected chi connectivity index (χ2v) is 11.3.